The maximum Gasteiger partial charge on any atom is 0.326 e. The van der Waals surface area contributed by atoms with Crippen LogP contribution in [-0.2, 0) is 4.79 Å². The fraction of sp³-hybridized carbons (Fsp3) is 0.867. The van der Waals surface area contributed by atoms with Crippen LogP contribution in [0.3, 0.4) is 0 Å². The first-order valence-electron chi connectivity index (χ1n) is 7.70. The molecule has 2 fully saturated rings. The smallest absolute Gasteiger partial charge is 0.326 e. The van der Waals surface area contributed by atoms with Crippen LogP contribution in [0, 0.1) is 5.92 Å². The molecule has 1 N–H and O–H groups in total. The number of likely N-dealkylation sites (tertiary alicyclic amines) is 1. The molecule has 2 unspecified atom stereocenters. The summed E-state index contributed by atoms with van der Waals surface area (Å²) in [7, 11) is 5.89. The van der Waals surface area contributed by atoms with Gasteiger partial charge in [-0.1, -0.05) is 6.92 Å². The number of carboxylic acid groups (broad SMARTS) is 1. The Morgan fingerprint density at radius 3 is 2.33 bits per heavy atom. The second-order valence-electron chi connectivity index (χ2n) is 6.85. The van der Waals surface area contributed by atoms with Gasteiger partial charge in [-0.15, -0.1) is 0 Å². The van der Waals surface area contributed by atoms with Gasteiger partial charge < -0.3 is 19.8 Å². The number of aliphatic carboxylic acids is 1. The van der Waals surface area contributed by atoms with Crippen LogP contribution >= 0.6 is 0 Å². The van der Waals surface area contributed by atoms with E-state index in [-0.39, 0.29) is 17.5 Å². The van der Waals surface area contributed by atoms with Crippen LogP contribution < -0.4 is 0 Å². The minimum absolute atomic E-state index is 0.0198. The highest BCUT2D eigenvalue weighted by Gasteiger charge is 2.44. The summed E-state index contributed by atoms with van der Waals surface area (Å²) in [5, 5.41) is 9.34. The van der Waals surface area contributed by atoms with Gasteiger partial charge in [0.2, 0.25) is 0 Å². The summed E-state index contributed by atoms with van der Waals surface area (Å²) in [5.74, 6) is -0.876. The molecule has 0 aromatic heterocycles. The molecule has 120 valence electrons. The number of carboxylic acids is 1. The zero-order valence-corrected chi connectivity index (χ0v) is 13.5. The van der Waals surface area contributed by atoms with Gasteiger partial charge in [-0.25, -0.2) is 9.59 Å². The van der Waals surface area contributed by atoms with Gasteiger partial charge in [0.1, 0.15) is 6.04 Å². The Kier molecular flexibility index (Phi) is 4.46. The molecular weight excluding hydrogens is 270 g/mol. The molecule has 21 heavy (non-hydrogen) atoms. The molecule has 0 radical (unpaired) electrons. The van der Waals surface area contributed by atoms with Crippen LogP contribution in [0.5, 0.6) is 0 Å². The maximum absolute atomic E-state index is 12.6. The molecule has 6 nitrogen and oxygen atoms in total. The van der Waals surface area contributed by atoms with E-state index in [1.54, 1.807) is 11.9 Å². The minimum Gasteiger partial charge on any atom is -0.480 e. The van der Waals surface area contributed by atoms with E-state index in [0.29, 0.717) is 13.1 Å². The molecule has 6 heteroatoms. The van der Waals surface area contributed by atoms with Crippen molar-refractivity contribution in [3.63, 3.8) is 0 Å². The van der Waals surface area contributed by atoms with E-state index in [1.165, 1.54) is 11.3 Å². The third-order valence-electron chi connectivity index (χ3n) is 5.29. The zero-order valence-electron chi connectivity index (χ0n) is 13.5. The first-order chi connectivity index (χ1) is 9.78. The van der Waals surface area contributed by atoms with E-state index in [2.05, 4.69) is 19.0 Å². The van der Waals surface area contributed by atoms with Crippen LogP contribution in [-0.4, -0.2) is 77.6 Å². The minimum atomic E-state index is -0.896. The molecule has 1 heterocycles. The molecule has 1 aliphatic heterocycles. The Balaban J connectivity index is 2.04. The van der Waals surface area contributed by atoms with Gasteiger partial charge in [-0.2, -0.15) is 0 Å². The highest BCUT2D eigenvalue weighted by atomic mass is 16.4. The number of hydrogen-bond acceptors (Lipinski definition) is 3. The summed E-state index contributed by atoms with van der Waals surface area (Å²) in [6.45, 7) is 3.10. The average Bonchev–Trinajstić information content (AvgIpc) is 2.74. The summed E-state index contributed by atoms with van der Waals surface area (Å²) in [6, 6.07) is -0.837. The van der Waals surface area contributed by atoms with E-state index >= 15 is 0 Å². The number of carbonyl (C=O) groups excluding carboxylic acids is 1. The molecule has 2 atom stereocenters. The summed E-state index contributed by atoms with van der Waals surface area (Å²) >= 11 is 0. The van der Waals surface area contributed by atoms with Gasteiger partial charge in [-0.05, 0) is 45.7 Å². The Bertz CT molecular complexity index is 420. The number of nitrogens with zero attached hydrogens (tertiary/aromatic N) is 3. The molecule has 1 saturated heterocycles. The first kappa shape index (κ1) is 16.1. The normalized spacial score (nSPS) is 27.6. The molecule has 0 aromatic rings. The quantitative estimate of drug-likeness (QED) is 0.850. The zero-order chi connectivity index (χ0) is 15.8. The van der Waals surface area contributed by atoms with E-state index in [4.69, 9.17) is 0 Å². The van der Waals surface area contributed by atoms with E-state index in [0.717, 1.165) is 19.3 Å². The fourth-order valence-corrected chi connectivity index (χ4v) is 3.60. The topological polar surface area (TPSA) is 64.1 Å². The maximum atomic E-state index is 12.6. The van der Waals surface area contributed by atoms with Gasteiger partial charge in [0, 0.05) is 25.7 Å². The summed E-state index contributed by atoms with van der Waals surface area (Å²) < 4.78 is 0. The summed E-state index contributed by atoms with van der Waals surface area (Å²) in [5.41, 5.74) is 0.0640. The monoisotopic (exact) mass is 297 g/mol. The van der Waals surface area contributed by atoms with E-state index < -0.39 is 12.0 Å². The molecule has 2 rings (SSSR count). The first-order valence-corrected chi connectivity index (χ1v) is 7.70. The fourth-order valence-electron chi connectivity index (χ4n) is 3.60. The standard InChI is InChI=1S/C15H27N3O3/c1-11-6-9-18(12(11)13(19)20)14(21)17(4)10-15(16(2)3)7-5-8-15/h11-12H,5-10H2,1-4H3,(H,19,20). The number of rotatable bonds is 4. The lowest BCUT2D eigenvalue weighted by Gasteiger charge is -2.49. The lowest BCUT2D eigenvalue weighted by atomic mass is 9.75. The third kappa shape index (κ3) is 2.86. The Labute approximate surface area is 126 Å². The van der Waals surface area contributed by atoms with Crippen LogP contribution in [0.4, 0.5) is 4.79 Å². The van der Waals surface area contributed by atoms with Gasteiger partial charge >= 0.3 is 12.0 Å². The van der Waals surface area contributed by atoms with Crippen LogP contribution in [0.25, 0.3) is 0 Å². The van der Waals surface area contributed by atoms with Gasteiger partial charge in [-0.3, -0.25) is 0 Å². The lowest BCUT2D eigenvalue weighted by molar-refractivity contribution is -0.142. The Hall–Kier alpha value is -1.30. The molecule has 1 saturated carbocycles. The van der Waals surface area contributed by atoms with Crippen molar-refractivity contribution in [1.82, 2.24) is 14.7 Å². The largest absolute Gasteiger partial charge is 0.480 e. The predicted octanol–water partition coefficient (Wildman–Crippen LogP) is 1.32. The molecule has 0 aromatic carbocycles. The van der Waals surface area contributed by atoms with Crippen molar-refractivity contribution in [3.05, 3.63) is 0 Å². The molecule has 2 aliphatic rings. The van der Waals surface area contributed by atoms with Crippen molar-refractivity contribution < 1.29 is 14.7 Å². The van der Waals surface area contributed by atoms with Crippen molar-refractivity contribution in [2.24, 2.45) is 5.92 Å². The van der Waals surface area contributed by atoms with Crippen molar-refractivity contribution in [1.29, 1.82) is 0 Å². The lowest BCUT2D eigenvalue weighted by Crippen LogP contribution is -2.59. The van der Waals surface area contributed by atoms with Gasteiger partial charge in [0.25, 0.3) is 0 Å². The van der Waals surface area contributed by atoms with Crippen molar-refractivity contribution in [2.45, 2.75) is 44.2 Å². The third-order valence-corrected chi connectivity index (χ3v) is 5.29. The molecule has 1 aliphatic carbocycles. The van der Waals surface area contributed by atoms with Crippen molar-refractivity contribution in [3.8, 4) is 0 Å². The number of likely N-dealkylation sites (N-methyl/N-ethyl adjacent to an activating group) is 2. The van der Waals surface area contributed by atoms with Crippen molar-refractivity contribution in [2.75, 3.05) is 34.2 Å². The second kappa shape index (κ2) is 5.83. The summed E-state index contributed by atoms with van der Waals surface area (Å²) in [6.07, 6.45) is 4.14. The Morgan fingerprint density at radius 2 is 1.90 bits per heavy atom. The second-order valence-corrected chi connectivity index (χ2v) is 6.85. The summed E-state index contributed by atoms with van der Waals surface area (Å²) in [4.78, 5) is 29.4. The molecule has 2 amide bonds. The molecular formula is C15H27N3O3. The Morgan fingerprint density at radius 1 is 1.29 bits per heavy atom. The highest BCUT2D eigenvalue weighted by Crippen LogP contribution is 2.37. The average molecular weight is 297 g/mol. The van der Waals surface area contributed by atoms with Gasteiger partial charge in [0.05, 0.1) is 0 Å². The van der Waals surface area contributed by atoms with Crippen LogP contribution in [0.1, 0.15) is 32.6 Å². The van der Waals surface area contributed by atoms with Crippen LogP contribution in [0.15, 0.2) is 0 Å². The predicted molar refractivity (Wildman–Crippen MR) is 80.2 cm³/mol. The number of amides is 2. The van der Waals surface area contributed by atoms with E-state index in [1.807, 2.05) is 6.92 Å². The molecule has 0 bridgehead atoms. The van der Waals surface area contributed by atoms with Crippen LogP contribution in [0.2, 0.25) is 0 Å². The molecule has 0 spiro atoms. The van der Waals surface area contributed by atoms with E-state index in [9.17, 15) is 14.7 Å². The van der Waals surface area contributed by atoms with Crippen molar-refractivity contribution >= 4 is 12.0 Å². The number of urea groups is 1. The number of hydrogen-bond donors (Lipinski definition) is 1. The SMILES string of the molecule is CC1CCN(C(=O)N(C)CC2(N(C)C)CCC2)C1C(=O)O. The highest BCUT2D eigenvalue weighted by molar-refractivity contribution is 5.83. The number of carbonyl (C=O) groups is 2. The van der Waals surface area contributed by atoms with Gasteiger partial charge in [0.15, 0.2) is 0 Å².